The Morgan fingerprint density at radius 1 is 1.38 bits per heavy atom. The van der Waals surface area contributed by atoms with E-state index in [4.69, 9.17) is 4.74 Å². The summed E-state index contributed by atoms with van der Waals surface area (Å²) < 4.78 is 7.86. The number of likely N-dealkylation sites (tertiary alicyclic amines) is 1. The quantitative estimate of drug-likeness (QED) is 0.894. The molecular formula is C19H33N3O2. The van der Waals surface area contributed by atoms with Crippen LogP contribution in [0.1, 0.15) is 57.5 Å². The van der Waals surface area contributed by atoms with Gasteiger partial charge in [0.25, 0.3) is 0 Å². The van der Waals surface area contributed by atoms with Crippen molar-refractivity contribution in [3.63, 3.8) is 0 Å². The van der Waals surface area contributed by atoms with E-state index in [1.165, 1.54) is 17.0 Å². The van der Waals surface area contributed by atoms with Gasteiger partial charge in [-0.3, -0.25) is 0 Å². The van der Waals surface area contributed by atoms with Crippen molar-refractivity contribution in [2.45, 2.75) is 79.1 Å². The standard InChI is InChI=1S/C19H33N3O2/c1-7-21-14(2)11-16(15(21)3)12-20-13-17-9-8-10-22(17)18(23)24-19(4,5)6/h11,17,20H,7-10,12-13H2,1-6H3. The van der Waals surface area contributed by atoms with Crippen molar-refractivity contribution in [3.8, 4) is 0 Å². The summed E-state index contributed by atoms with van der Waals surface area (Å²) in [6.07, 6.45) is 1.91. The molecule has 1 N–H and O–H groups in total. The average Bonchev–Trinajstić information content (AvgIpc) is 3.03. The summed E-state index contributed by atoms with van der Waals surface area (Å²) in [5.74, 6) is 0. The fraction of sp³-hybridized carbons (Fsp3) is 0.737. The minimum absolute atomic E-state index is 0.184. The number of carbonyl (C=O) groups excluding carboxylic acids is 1. The smallest absolute Gasteiger partial charge is 0.410 e. The molecule has 0 bridgehead atoms. The molecule has 24 heavy (non-hydrogen) atoms. The zero-order valence-electron chi connectivity index (χ0n) is 16.1. The third-order valence-electron chi connectivity index (χ3n) is 4.70. The highest BCUT2D eigenvalue weighted by molar-refractivity contribution is 5.69. The third-order valence-corrected chi connectivity index (χ3v) is 4.70. The van der Waals surface area contributed by atoms with E-state index < -0.39 is 5.60 Å². The summed E-state index contributed by atoms with van der Waals surface area (Å²) >= 11 is 0. The summed E-state index contributed by atoms with van der Waals surface area (Å²) in [5, 5.41) is 3.53. The molecule has 1 unspecified atom stereocenters. The Hall–Kier alpha value is -1.49. The average molecular weight is 335 g/mol. The molecule has 0 saturated carbocycles. The zero-order valence-corrected chi connectivity index (χ0v) is 16.1. The Morgan fingerprint density at radius 2 is 2.08 bits per heavy atom. The van der Waals surface area contributed by atoms with Gasteiger partial charge < -0.3 is 19.5 Å². The van der Waals surface area contributed by atoms with Crippen LogP contribution in [0.3, 0.4) is 0 Å². The van der Waals surface area contributed by atoms with Gasteiger partial charge in [-0.2, -0.15) is 0 Å². The van der Waals surface area contributed by atoms with Crippen LogP contribution < -0.4 is 5.32 Å². The lowest BCUT2D eigenvalue weighted by Gasteiger charge is -2.28. The molecule has 1 saturated heterocycles. The zero-order chi connectivity index (χ0) is 17.9. The first kappa shape index (κ1) is 18.8. The molecule has 1 fully saturated rings. The van der Waals surface area contributed by atoms with E-state index in [1.807, 2.05) is 25.7 Å². The van der Waals surface area contributed by atoms with Crippen LogP contribution in [0.2, 0.25) is 0 Å². The van der Waals surface area contributed by atoms with Gasteiger partial charge in [0.05, 0.1) is 0 Å². The van der Waals surface area contributed by atoms with Gasteiger partial charge in [0, 0.05) is 43.6 Å². The molecule has 1 amide bonds. The van der Waals surface area contributed by atoms with E-state index in [9.17, 15) is 4.79 Å². The molecule has 1 aliphatic rings. The maximum absolute atomic E-state index is 12.3. The van der Waals surface area contributed by atoms with Gasteiger partial charge in [-0.25, -0.2) is 4.79 Å². The molecule has 5 heteroatoms. The number of aryl methyl sites for hydroxylation is 1. The minimum atomic E-state index is -0.435. The summed E-state index contributed by atoms with van der Waals surface area (Å²) in [6, 6.07) is 2.49. The van der Waals surface area contributed by atoms with Crippen LogP contribution in [0.5, 0.6) is 0 Å². The first-order valence-electron chi connectivity index (χ1n) is 9.09. The first-order chi connectivity index (χ1) is 11.2. The summed E-state index contributed by atoms with van der Waals surface area (Å²) in [7, 11) is 0. The highest BCUT2D eigenvalue weighted by Crippen LogP contribution is 2.21. The molecule has 1 atom stereocenters. The SMILES string of the molecule is CCn1c(C)cc(CNCC2CCCN2C(=O)OC(C)(C)C)c1C. The Morgan fingerprint density at radius 3 is 2.67 bits per heavy atom. The van der Waals surface area contributed by atoms with E-state index >= 15 is 0 Å². The Bertz CT molecular complexity index is 572. The number of amides is 1. The van der Waals surface area contributed by atoms with Crippen LogP contribution in [0.4, 0.5) is 4.79 Å². The topological polar surface area (TPSA) is 46.5 Å². The number of hydrogen-bond acceptors (Lipinski definition) is 3. The van der Waals surface area contributed by atoms with Crippen LogP contribution >= 0.6 is 0 Å². The van der Waals surface area contributed by atoms with Gasteiger partial charge >= 0.3 is 6.09 Å². The maximum atomic E-state index is 12.3. The van der Waals surface area contributed by atoms with Crippen molar-refractivity contribution in [2.24, 2.45) is 0 Å². The Balaban J connectivity index is 1.88. The summed E-state index contributed by atoms with van der Waals surface area (Å²) in [4.78, 5) is 14.2. The second-order valence-corrected chi connectivity index (χ2v) is 7.74. The molecule has 1 aromatic rings. The molecule has 2 rings (SSSR count). The highest BCUT2D eigenvalue weighted by atomic mass is 16.6. The fourth-order valence-electron chi connectivity index (χ4n) is 3.52. The molecular weight excluding hydrogens is 302 g/mol. The van der Waals surface area contributed by atoms with Crippen LogP contribution in [0.15, 0.2) is 6.07 Å². The number of ether oxygens (including phenoxy) is 1. The first-order valence-corrected chi connectivity index (χ1v) is 9.09. The van der Waals surface area contributed by atoms with Crippen LogP contribution in [-0.2, 0) is 17.8 Å². The minimum Gasteiger partial charge on any atom is -0.444 e. The second kappa shape index (κ2) is 7.60. The molecule has 0 aromatic carbocycles. The van der Waals surface area contributed by atoms with E-state index in [0.717, 1.165) is 39.0 Å². The molecule has 0 aliphatic carbocycles. The molecule has 5 nitrogen and oxygen atoms in total. The maximum Gasteiger partial charge on any atom is 0.410 e. The van der Waals surface area contributed by atoms with Gasteiger partial charge in [-0.15, -0.1) is 0 Å². The van der Waals surface area contributed by atoms with Gasteiger partial charge in [0.1, 0.15) is 5.60 Å². The molecule has 2 heterocycles. The lowest BCUT2D eigenvalue weighted by Crippen LogP contribution is -2.44. The van der Waals surface area contributed by atoms with E-state index in [-0.39, 0.29) is 12.1 Å². The fourth-order valence-corrected chi connectivity index (χ4v) is 3.52. The Labute approximate surface area is 146 Å². The van der Waals surface area contributed by atoms with E-state index in [0.29, 0.717) is 0 Å². The van der Waals surface area contributed by atoms with Crippen molar-refractivity contribution in [3.05, 3.63) is 23.0 Å². The largest absolute Gasteiger partial charge is 0.444 e. The molecule has 1 aliphatic heterocycles. The van der Waals surface area contributed by atoms with Crippen LogP contribution in [0.25, 0.3) is 0 Å². The van der Waals surface area contributed by atoms with Crippen LogP contribution in [-0.4, -0.2) is 40.3 Å². The van der Waals surface area contributed by atoms with E-state index in [1.54, 1.807) is 0 Å². The number of hydrogen-bond donors (Lipinski definition) is 1. The number of aromatic nitrogens is 1. The van der Waals surface area contributed by atoms with Crippen molar-refractivity contribution in [1.82, 2.24) is 14.8 Å². The monoisotopic (exact) mass is 335 g/mol. The summed E-state index contributed by atoms with van der Waals surface area (Å²) in [6.45, 7) is 15.7. The molecule has 1 aromatic heterocycles. The van der Waals surface area contributed by atoms with Crippen molar-refractivity contribution in [1.29, 1.82) is 0 Å². The van der Waals surface area contributed by atoms with E-state index in [2.05, 4.69) is 36.7 Å². The van der Waals surface area contributed by atoms with Gasteiger partial charge in [0.15, 0.2) is 0 Å². The van der Waals surface area contributed by atoms with Gasteiger partial charge in [0.2, 0.25) is 0 Å². The highest BCUT2D eigenvalue weighted by Gasteiger charge is 2.31. The van der Waals surface area contributed by atoms with Crippen molar-refractivity contribution < 1.29 is 9.53 Å². The number of nitrogens with zero attached hydrogens (tertiary/aromatic N) is 2. The molecule has 136 valence electrons. The summed E-state index contributed by atoms with van der Waals surface area (Å²) in [5.41, 5.74) is 3.55. The number of carbonyl (C=O) groups is 1. The predicted molar refractivity (Wildman–Crippen MR) is 97.2 cm³/mol. The lowest BCUT2D eigenvalue weighted by atomic mass is 10.2. The molecule has 0 radical (unpaired) electrons. The van der Waals surface area contributed by atoms with Gasteiger partial charge in [-0.05, 0) is 66.0 Å². The van der Waals surface area contributed by atoms with Crippen molar-refractivity contribution >= 4 is 6.09 Å². The number of nitrogens with one attached hydrogen (secondary N) is 1. The number of rotatable bonds is 5. The Kier molecular flexibility index (Phi) is 5.97. The van der Waals surface area contributed by atoms with Crippen LogP contribution in [0, 0.1) is 13.8 Å². The normalized spacial score (nSPS) is 18.2. The van der Waals surface area contributed by atoms with Gasteiger partial charge in [-0.1, -0.05) is 0 Å². The third kappa shape index (κ3) is 4.53. The second-order valence-electron chi connectivity index (χ2n) is 7.74. The molecule has 0 spiro atoms. The predicted octanol–water partition coefficient (Wildman–Crippen LogP) is 3.61. The lowest BCUT2D eigenvalue weighted by molar-refractivity contribution is 0.0226. The van der Waals surface area contributed by atoms with Crippen molar-refractivity contribution in [2.75, 3.05) is 13.1 Å².